The second-order valence-corrected chi connectivity index (χ2v) is 9.46. The third-order valence-electron chi connectivity index (χ3n) is 7.51. The molecule has 0 aromatic rings. The summed E-state index contributed by atoms with van der Waals surface area (Å²) in [5.41, 5.74) is -0.707. The molecule has 4 rings (SSSR count). The van der Waals surface area contributed by atoms with Crippen LogP contribution in [0.2, 0.25) is 0 Å². The number of aliphatic imine (C=N–C) groups is 1. The highest BCUT2D eigenvalue weighted by molar-refractivity contribution is 14.0. The number of guanidine groups is 1. The monoisotopic (exact) mass is 519 g/mol. The normalized spacial score (nSPS) is 37.0. The average molecular weight is 519 g/mol. The van der Waals surface area contributed by atoms with Crippen LogP contribution in [0.4, 0.5) is 4.79 Å². The minimum atomic E-state index is -0.803. The largest absolute Gasteiger partial charge is 0.377 e. The Morgan fingerprint density at radius 2 is 1.90 bits per heavy atom. The lowest BCUT2D eigenvalue weighted by atomic mass is 9.55. The molecule has 0 radical (unpaired) electrons. The Kier molecular flexibility index (Phi) is 6.39. The third-order valence-corrected chi connectivity index (χ3v) is 7.51. The molecule has 3 heterocycles. The Hall–Kier alpha value is -1.10. The van der Waals surface area contributed by atoms with Gasteiger partial charge >= 0.3 is 6.03 Å². The summed E-state index contributed by atoms with van der Waals surface area (Å²) in [7, 11) is 1.83. The lowest BCUT2D eigenvalue weighted by molar-refractivity contribution is -0.188. The van der Waals surface area contributed by atoms with Crippen molar-refractivity contribution in [1.82, 2.24) is 20.9 Å². The Morgan fingerprint density at radius 3 is 2.48 bits per heavy atom. The van der Waals surface area contributed by atoms with Crippen molar-refractivity contribution in [3.05, 3.63) is 0 Å². The van der Waals surface area contributed by atoms with Crippen LogP contribution in [0.15, 0.2) is 4.99 Å². The smallest absolute Gasteiger partial charge is 0.322 e. The van der Waals surface area contributed by atoms with Crippen molar-refractivity contribution >= 4 is 41.9 Å². The standard InChI is InChI=1S/C20H33N5O3.HI/c1-19(2)14(13-6-5-11-28-15(13)19)22-17(21-4)25-9-7-12(8-10-25)20(3)16(26)23-18(27)24-20;/h12-15H,5-11H2,1-4H3,(H,21,22)(H2,23,24,26,27);1H. The van der Waals surface area contributed by atoms with Crippen LogP contribution in [0.25, 0.3) is 0 Å². The average Bonchev–Trinajstić information content (AvgIpc) is 2.95. The molecule has 0 aromatic carbocycles. The lowest BCUT2D eigenvalue weighted by Gasteiger charge is -2.60. The highest BCUT2D eigenvalue weighted by Gasteiger charge is 2.58. The van der Waals surface area contributed by atoms with Gasteiger partial charge in [0.2, 0.25) is 0 Å². The van der Waals surface area contributed by atoms with E-state index in [0.717, 1.165) is 44.9 Å². The van der Waals surface area contributed by atoms with Crippen molar-refractivity contribution in [2.24, 2.45) is 22.2 Å². The van der Waals surface area contributed by atoms with Crippen LogP contribution in [0.3, 0.4) is 0 Å². The molecule has 0 aromatic heterocycles. The zero-order valence-corrected chi connectivity index (χ0v) is 20.1. The van der Waals surface area contributed by atoms with Crippen LogP contribution in [0, 0.1) is 17.3 Å². The summed E-state index contributed by atoms with van der Waals surface area (Å²) in [6.07, 6.45) is 4.36. The van der Waals surface area contributed by atoms with Gasteiger partial charge in [-0.3, -0.25) is 15.1 Å². The SMILES string of the molecule is CN=C(NC1C2CCCOC2C1(C)C)N1CCC(C2(C)NC(=O)NC2=O)CC1.I. The van der Waals surface area contributed by atoms with Gasteiger partial charge in [0.05, 0.1) is 6.10 Å². The van der Waals surface area contributed by atoms with E-state index in [1.165, 1.54) is 6.42 Å². The van der Waals surface area contributed by atoms with E-state index < -0.39 is 5.54 Å². The Bertz CT molecular complexity index is 692. The predicted molar refractivity (Wildman–Crippen MR) is 121 cm³/mol. The van der Waals surface area contributed by atoms with Gasteiger partial charge in [-0.05, 0) is 38.5 Å². The number of amides is 3. The molecule has 3 N–H and O–H groups in total. The first kappa shape index (κ1) is 22.6. The maximum atomic E-state index is 12.2. The zero-order chi connectivity index (χ0) is 20.1. The third kappa shape index (κ3) is 3.73. The number of nitrogens with zero attached hydrogens (tertiary/aromatic N) is 2. The van der Waals surface area contributed by atoms with Crippen molar-refractivity contribution in [1.29, 1.82) is 0 Å². The summed E-state index contributed by atoms with van der Waals surface area (Å²) in [6.45, 7) is 8.91. The number of ether oxygens (including phenoxy) is 1. The molecule has 8 nitrogen and oxygen atoms in total. The molecule has 1 aliphatic carbocycles. The topological polar surface area (TPSA) is 95.1 Å². The van der Waals surface area contributed by atoms with Crippen LogP contribution in [-0.4, -0.2) is 67.2 Å². The summed E-state index contributed by atoms with van der Waals surface area (Å²) in [4.78, 5) is 30.6. The Morgan fingerprint density at radius 1 is 1.21 bits per heavy atom. The number of likely N-dealkylation sites (tertiary alicyclic amines) is 1. The van der Waals surface area contributed by atoms with E-state index >= 15 is 0 Å². The van der Waals surface area contributed by atoms with Crippen molar-refractivity contribution in [3.8, 4) is 0 Å². The molecule has 29 heavy (non-hydrogen) atoms. The number of urea groups is 1. The van der Waals surface area contributed by atoms with E-state index in [1.54, 1.807) is 0 Å². The molecule has 3 amide bonds. The maximum Gasteiger partial charge on any atom is 0.322 e. The fourth-order valence-corrected chi connectivity index (χ4v) is 5.76. The molecular formula is C20H34IN5O3. The van der Waals surface area contributed by atoms with Crippen LogP contribution in [0.5, 0.6) is 0 Å². The van der Waals surface area contributed by atoms with E-state index in [0.29, 0.717) is 18.1 Å². The van der Waals surface area contributed by atoms with Crippen LogP contribution in [0.1, 0.15) is 46.5 Å². The van der Waals surface area contributed by atoms with Crippen LogP contribution < -0.4 is 16.0 Å². The molecule has 4 aliphatic rings. The summed E-state index contributed by atoms with van der Waals surface area (Å²) in [6, 6.07) is -0.0180. The van der Waals surface area contributed by atoms with E-state index in [2.05, 4.69) is 39.7 Å². The quantitative estimate of drug-likeness (QED) is 0.224. The Balaban J connectivity index is 0.00000240. The van der Waals surface area contributed by atoms with Gasteiger partial charge in [-0.25, -0.2) is 4.79 Å². The second kappa shape index (κ2) is 8.20. The van der Waals surface area contributed by atoms with Crippen molar-refractivity contribution in [2.45, 2.75) is 64.1 Å². The van der Waals surface area contributed by atoms with Gasteiger partial charge in [-0.1, -0.05) is 13.8 Å². The number of fused-ring (bicyclic) bond motifs is 1. The van der Waals surface area contributed by atoms with Gasteiger partial charge in [0.15, 0.2) is 5.96 Å². The van der Waals surface area contributed by atoms with Gasteiger partial charge in [0.1, 0.15) is 5.54 Å². The van der Waals surface area contributed by atoms with E-state index in [4.69, 9.17) is 4.74 Å². The minimum absolute atomic E-state index is 0. The molecule has 4 fully saturated rings. The fourth-order valence-electron chi connectivity index (χ4n) is 5.76. The molecule has 4 unspecified atom stereocenters. The summed E-state index contributed by atoms with van der Waals surface area (Å²) in [5.74, 6) is 1.41. The van der Waals surface area contributed by atoms with E-state index in [-0.39, 0.29) is 47.2 Å². The first-order valence-corrected chi connectivity index (χ1v) is 10.5. The molecule has 4 atom stereocenters. The van der Waals surface area contributed by atoms with E-state index in [1.807, 2.05) is 14.0 Å². The molecule has 9 heteroatoms. The number of hydrogen-bond acceptors (Lipinski definition) is 4. The van der Waals surface area contributed by atoms with Gasteiger partial charge in [0.25, 0.3) is 5.91 Å². The van der Waals surface area contributed by atoms with Gasteiger partial charge in [-0.15, -0.1) is 24.0 Å². The molecule has 1 saturated carbocycles. The fraction of sp³-hybridized carbons (Fsp3) is 0.850. The van der Waals surface area contributed by atoms with Crippen LogP contribution in [-0.2, 0) is 9.53 Å². The summed E-state index contributed by atoms with van der Waals surface area (Å²) >= 11 is 0. The van der Waals surface area contributed by atoms with Crippen molar-refractivity contribution in [2.75, 3.05) is 26.7 Å². The first-order valence-electron chi connectivity index (χ1n) is 10.5. The highest BCUT2D eigenvalue weighted by atomic mass is 127. The van der Waals surface area contributed by atoms with Crippen molar-refractivity contribution < 1.29 is 14.3 Å². The molecule has 3 aliphatic heterocycles. The molecule has 164 valence electrons. The molecular weight excluding hydrogens is 485 g/mol. The number of halogens is 1. The van der Waals surface area contributed by atoms with E-state index in [9.17, 15) is 9.59 Å². The zero-order valence-electron chi connectivity index (χ0n) is 17.8. The lowest BCUT2D eigenvalue weighted by Crippen LogP contribution is -2.71. The Labute approximate surface area is 190 Å². The van der Waals surface area contributed by atoms with Gasteiger partial charge < -0.3 is 20.3 Å². The molecule has 0 spiro atoms. The number of nitrogens with one attached hydrogen (secondary N) is 3. The highest BCUT2D eigenvalue weighted by Crippen LogP contribution is 2.51. The maximum absolute atomic E-state index is 12.2. The van der Waals surface area contributed by atoms with Crippen molar-refractivity contribution in [3.63, 3.8) is 0 Å². The second-order valence-electron chi connectivity index (χ2n) is 9.46. The predicted octanol–water partition coefficient (Wildman–Crippen LogP) is 1.69. The summed E-state index contributed by atoms with van der Waals surface area (Å²) in [5, 5.41) is 8.92. The number of imide groups is 1. The number of carbonyl (C=O) groups is 2. The number of carbonyl (C=O) groups excluding carboxylic acids is 2. The molecule has 3 saturated heterocycles. The number of rotatable bonds is 2. The number of hydrogen-bond donors (Lipinski definition) is 3. The minimum Gasteiger partial charge on any atom is -0.377 e. The summed E-state index contributed by atoms with van der Waals surface area (Å²) < 4.78 is 6.02. The number of piperidine rings is 1. The van der Waals surface area contributed by atoms with Crippen LogP contribution >= 0.6 is 24.0 Å². The van der Waals surface area contributed by atoms with Gasteiger partial charge in [-0.2, -0.15) is 0 Å². The molecule has 0 bridgehead atoms. The first-order chi connectivity index (χ1) is 13.3. The van der Waals surface area contributed by atoms with Gasteiger partial charge in [0, 0.05) is 44.1 Å².